The van der Waals surface area contributed by atoms with Crippen LogP contribution in [0.15, 0.2) is 24.3 Å². The van der Waals surface area contributed by atoms with Gasteiger partial charge in [-0.05, 0) is 43.4 Å². The number of benzene rings is 1. The van der Waals surface area contributed by atoms with Gasteiger partial charge in [0, 0.05) is 12.6 Å². The predicted octanol–water partition coefficient (Wildman–Crippen LogP) is 2.63. The molecule has 1 aliphatic carbocycles. The normalized spacial score (nSPS) is 16.7. The predicted molar refractivity (Wildman–Crippen MR) is 79.4 cm³/mol. The Bertz CT molecular complexity index is 493. The number of hydrogen-bond acceptors (Lipinski definition) is 2. The van der Waals surface area contributed by atoms with Gasteiger partial charge >= 0.3 is 0 Å². The number of amides is 2. The van der Waals surface area contributed by atoms with Gasteiger partial charge in [-0.25, -0.2) is 0 Å². The zero-order chi connectivity index (χ0) is 14.5. The molecule has 0 aliphatic heterocycles. The van der Waals surface area contributed by atoms with E-state index in [9.17, 15) is 9.59 Å². The minimum Gasteiger partial charge on any atom is -0.344 e. The molecule has 0 saturated heterocycles. The van der Waals surface area contributed by atoms with Crippen molar-refractivity contribution >= 4 is 17.5 Å². The van der Waals surface area contributed by atoms with Crippen LogP contribution in [0.25, 0.3) is 0 Å². The summed E-state index contributed by atoms with van der Waals surface area (Å²) in [6.07, 6.45) is 4.29. The summed E-state index contributed by atoms with van der Waals surface area (Å²) >= 11 is 0. The van der Waals surface area contributed by atoms with Gasteiger partial charge in [0.05, 0.1) is 0 Å². The lowest BCUT2D eigenvalue weighted by atomic mass is 9.97. The molecule has 0 radical (unpaired) electrons. The van der Waals surface area contributed by atoms with Crippen LogP contribution < -0.4 is 10.6 Å². The lowest BCUT2D eigenvalue weighted by Crippen LogP contribution is -2.47. The van der Waals surface area contributed by atoms with Crippen molar-refractivity contribution in [1.82, 2.24) is 5.32 Å². The molecule has 4 heteroatoms. The molecule has 1 atom stereocenters. The second-order valence-corrected chi connectivity index (χ2v) is 5.58. The lowest BCUT2D eigenvalue weighted by Gasteiger charge is -2.23. The molecule has 20 heavy (non-hydrogen) atoms. The fraction of sp³-hybridized carbons (Fsp3) is 0.500. The van der Waals surface area contributed by atoms with Crippen molar-refractivity contribution in [1.29, 1.82) is 0 Å². The molecular weight excluding hydrogens is 252 g/mol. The van der Waals surface area contributed by atoms with Gasteiger partial charge in [0.2, 0.25) is 11.8 Å². The Morgan fingerprint density at radius 1 is 1.25 bits per heavy atom. The quantitative estimate of drug-likeness (QED) is 0.886. The molecule has 1 aromatic carbocycles. The van der Waals surface area contributed by atoms with Gasteiger partial charge in [0.15, 0.2) is 0 Å². The summed E-state index contributed by atoms with van der Waals surface area (Å²) < 4.78 is 0. The summed E-state index contributed by atoms with van der Waals surface area (Å²) in [6.45, 7) is 3.44. The summed E-state index contributed by atoms with van der Waals surface area (Å²) in [5.74, 6) is -0.0114. The smallest absolute Gasteiger partial charge is 0.247 e. The van der Waals surface area contributed by atoms with Crippen molar-refractivity contribution in [3.05, 3.63) is 29.8 Å². The molecule has 1 aliphatic rings. The van der Waals surface area contributed by atoms with Crippen molar-refractivity contribution in [2.24, 2.45) is 5.92 Å². The first-order chi connectivity index (χ1) is 9.56. The maximum absolute atomic E-state index is 12.4. The highest BCUT2D eigenvalue weighted by atomic mass is 16.2. The third-order valence-corrected chi connectivity index (χ3v) is 3.80. The third kappa shape index (κ3) is 3.83. The molecular formula is C16H22N2O2. The molecule has 0 heterocycles. The van der Waals surface area contributed by atoms with E-state index in [1.165, 1.54) is 6.92 Å². The van der Waals surface area contributed by atoms with E-state index in [0.29, 0.717) is 0 Å². The van der Waals surface area contributed by atoms with E-state index in [-0.39, 0.29) is 17.7 Å². The van der Waals surface area contributed by atoms with Gasteiger partial charge in [-0.1, -0.05) is 25.0 Å². The van der Waals surface area contributed by atoms with Gasteiger partial charge in [-0.2, -0.15) is 0 Å². The van der Waals surface area contributed by atoms with E-state index in [2.05, 4.69) is 10.6 Å². The van der Waals surface area contributed by atoms with Crippen LogP contribution in [0.3, 0.4) is 0 Å². The molecule has 2 amide bonds. The van der Waals surface area contributed by atoms with E-state index >= 15 is 0 Å². The van der Waals surface area contributed by atoms with Crippen LogP contribution in [0, 0.1) is 12.8 Å². The highest BCUT2D eigenvalue weighted by molar-refractivity contribution is 5.97. The van der Waals surface area contributed by atoms with E-state index in [4.69, 9.17) is 0 Å². The van der Waals surface area contributed by atoms with E-state index < -0.39 is 6.04 Å². The largest absolute Gasteiger partial charge is 0.344 e. The number of anilines is 1. The Morgan fingerprint density at radius 2 is 1.95 bits per heavy atom. The standard InChI is InChI=1S/C16H22N2O2/c1-11-6-5-9-14(10-11)18-16(20)15(17-12(2)19)13-7-3-4-8-13/h5-6,9-10,13,15H,3-4,7-8H2,1-2H3,(H,17,19)(H,18,20). The first kappa shape index (κ1) is 14.6. The summed E-state index contributed by atoms with van der Waals surface area (Å²) in [6, 6.07) is 7.27. The average molecular weight is 274 g/mol. The third-order valence-electron chi connectivity index (χ3n) is 3.80. The van der Waals surface area contributed by atoms with E-state index in [0.717, 1.165) is 36.9 Å². The summed E-state index contributed by atoms with van der Waals surface area (Å²) in [4.78, 5) is 23.8. The van der Waals surface area contributed by atoms with Gasteiger partial charge in [-0.3, -0.25) is 9.59 Å². The topological polar surface area (TPSA) is 58.2 Å². The second kappa shape index (κ2) is 6.55. The minimum absolute atomic E-state index is 0.113. The van der Waals surface area contributed by atoms with Crippen LogP contribution in [0.1, 0.15) is 38.2 Å². The van der Waals surface area contributed by atoms with Crippen molar-refractivity contribution in [3.8, 4) is 0 Å². The van der Waals surface area contributed by atoms with Crippen LogP contribution >= 0.6 is 0 Å². The lowest BCUT2D eigenvalue weighted by molar-refractivity contribution is -0.126. The van der Waals surface area contributed by atoms with E-state index in [1.54, 1.807) is 0 Å². The number of carbonyl (C=O) groups is 2. The van der Waals surface area contributed by atoms with Crippen LogP contribution in [-0.4, -0.2) is 17.9 Å². The molecule has 2 N–H and O–H groups in total. The number of aryl methyl sites for hydroxylation is 1. The van der Waals surface area contributed by atoms with Crippen molar-refractivity contribution in [2.75, 3.05) is 5.32 Å². The zero-order valence-electron chi connectivity index (χ0n) is 12.1. The molecule has 0 bridgehead atoms. The number of carbonyl (C=O) groups excluding carboxylic acids is 2. The molecule has 2 rings (SSSR count). The Labute approximate surface area is 119 Å². The molecule has 0 spiro atoms. The van der Waals surface area contributed by atoms with Gasteiger partial charge in [0.25, 0.3) is 0 Å². The first-order valence-electron chi connectivity index (χ1n) is 7.21. The van der Waals surface area contributed by atoms with Gasteiger partial charge in [-0.15, -0.1) is 0 Å². The Morgan fingerprint density at radius 3 is 2.55 bits per heavy atom. The Kier molecular flexibility index (Phi) is 4.77. The summed E-state index contributed by atoms with van der Waals surface area (Å²) in [5, 5.41) is 5.72. The number of rotatable bonds is 4. The van der Waals surface area contributed by atoms with Crippen molar-refractivity contribution in [2.45, 2.75) is 45.6 Å². The molecule has 108 valence electrons. The highest BCUT2D eigenvalue weighted by Crippen LogP contribution is 2.28. The highest BCUT2D eigenvalue weighted by Gasteiger charge is 2.31. The monoisotopic (exact) mass is 274 g/mol. The molecule has 1 aromatic rings. The van der Waals surface area contributed by atoms with Gasteiger partial charge in [0.1, 0.15) is 6.04 Å². The number of hydrogen-bond donors (Lipinski definition) is 2. The second-order valence-electron chi connectivity index (χ2n) is 5.58. The van der Waals surface area contributed by atoms with Crippen LogP contribution in [0.2, 0.25) is 0 Å². The Balaban J connectivity index is 2.07. The fourth-order valence-corrected chi connectivity index (χ4v) is 2.85. The first-order valence-corrected chi connectivity index (χ1v) is 7.21. The van der Waals surface area contributed by atoms with Crippen LogP contribution in [0.5, 0.6) is 0 Å². The number of nitrogens with one attached hydrogen (secondary N) is 2. The van der Waals surface area contributed by atoms with Crippen LogP contribution in [0.4, 0.5) is 5.69 Å². The molecule has 1 saturated carbocycles. The van der Waals surface area contributed by atoms with Crippen LogP contribution in [-0.2, 0) is 9.59 Å². The SMILES string of the molecule is CC(=O)NC(C(=O)Nc1cccc(C)c1)C1CCCC1. The van der Waals surface area contributed by atoms with Crippen molar-refractivity contribution in [3.63, 3.8) is 0 Å². The molecule has 1 fully saturated rings. The maximum atomic E-state index is 12.4. The minimum atomic E-state index is -0.421. The fourth-order valence-electron chi connectivity index (χ4n) is 2.85. The zero-order valence-corrected chi connectivity index (χ0v) is 12.1. The Hall–Kier alpha value is -1.84. The van der Waals surface area contributed by atoms with E-state index in [1.807, 2.05) is 31.2 Å². The summed E-state index contributed by atoms with van der Waals surface area (Å²) in [7, 11) is 0. The molecule has 0 aromatic heterocycles. The summed E-state index contributed by atoms with van der Waals surface area (Å²) in [5.41, 5.74) is 1.88. The average Bonchev–Trinajstić information content (AvgIpc) is 2.89. The van der Waals surface area contributed by atoms with Gasteiger partial charge < -0.3 is 10.6 Å². The maximum Gasteiger partial charge on any atom is 0.247 e. The molecule has 1 unspecified atom stereocenters. The molecule has 4 nitrogen and oxygen atoms in total. The van der Waals surface area contributed by atoms with Crippen molar-refractivity contribution < 1.29 is 9.59 Å².